The number of anilines is 2. The van der Waals surface area contributed by atoms with E-state index in [4.69, 9.17) is 4.74 Å². The molecule has 1 heterocycles. The first-order valence-electron chi connectivity index (χ1n) is 14.1. The summed E-state index contributed by atoms with van der Waals surface area (Å²) >= 11 is 0. The van der Waals surface area contributed by atoms with Gasteiger partial charge in [-0.05, 0) is 62.0 Å². The van der Waals surface area contributed by atoms with Crippen LogP contribution in [-0.2, 0) is 23.9 Å². The number of nitrogens with one attached hydrogen (secondary N) is 2. The molecule has 3 aromatic rings. The van der Waals surface area contributed by atoms with Crippen molar-refractivity contribution in [2.24, 2.45) is 5.92 Å². The average molecular weight is 599 g/mol. The van der Waals surface area contributed by atoms with Crippen molar-refractivity contribution in [3.63, 3.8) is 0 Å². The SMILES string of the molecule is C[C@H](CO)N1C[C@H](C)[C@H](CN(C)Cc2ccc(C(F)(F)F)cc2)Oc2ccc(NC(=O)Nc3ccccc3)cc2CC1=O. The van der Waals surface area contributed by atoms with Crippen LogP contribution in [0.4, 0.5) is 29.3 Å². The van der Waals surface area contributed by atoms with Crippen LogP contribution in [0.2, 0.25) is 0 Å². The quantitative estimate of drug-likeness (QED) is 0.313. The predicted octanol–water partition coefficient (Wildman–Crippen LogP) is 5.63. The van der Waals surface area contributed by atoms with Crippen molar-refractivity contribution in [2.75, 3.05) is 37.4 Å². The molecule has 0 saturated carbocycles. The number of aliphatic hydroxyl groups excluding tert-OH is 1. The number of para-hydroxylation sites is 1. The van der Waals surface area contributed by atoms with E-state index in [2.05, 4.69) is 10.6 Å². The van der Waals surface area contributed by atoms with Crippen LogP contribution in [0.15, 0.2) is 72.8 Å². The van der Waals surface area contributed by atoms with Crippen LogP contribution in [0.25, 0.3) is 0 Å². The summed E-state index contributed by atoms with van der Waals surface area (Å²) in [5.41, 5.74) is 1.72. The van der Waals surface area contributed by atoms with Crippen LogP contribution in [-0.4, -0.2) is 65.7 Å². The predicted molar refractivity (Wildman–Crippen MR) is 159 cm³/mol. The van der Waals surface area contributed by atoms with Gasteiger partial charge in [0.1, 0.15) is 11.9 Å². The Morgan fingerprint density at radius 1 is 1.07 bits per heavy atom. The maximum absolute atomic E-state index is 13.4. The first kappa shape index (κ1) is 31.8. The second kappa shape index (κ2) is 13.9. The smallest absolute Gasteiger partial charge is 0.416 e. The summed E-state index contributed by atoms with van der Waals surface area (Å²) in [6.07, 6.45) is -4.78. The molecule has 3 aromatic carbocycles. The molecule has 0 spiro atoms. The third kappa shape index (κ3) is 8.71. The Hall–Kier alpha value is -4.09. The summed E-state index contributed by atoms with van der Waals surface area (Å²) in [6.45, 7) is 4.71. The number of benzene rings is 3. The Kier molecular flexibility index (Phi) is 10.3. The molecule has 0 unspecified atom stereocenters. The zero-order valence-electron chi connectivity index (χ0n) is 24.4. The highest BCUT2D eigenvalue weighted by molar-refractivity contribution is 5.99. The van der Waals surface area contributed by atoms with Crippen LogP contribution in [0.5, 0.6) is 5.75 Å². The van der Waals surface area contributed by atoms with E-state index in [0.29, 0.717) is 42.3 Å². The number of amides is 3. The summed E-state index contributed by atoms with van der Waals surface area (Å²) in [5.74, 6) is 0.178. The van der Waals surface area contributed by atoms with Gasteiger partial charge < -0.3 is 25.4 Å². The van der Waals surface area contributed by atoms with Crippen LogP contribution in [0.3, 0.4) is 0 Å². The summed E-state index contributed by atoms with van der Waals surface area (Å²) < 4.78 is 45.5. The van der Waals surface area contributed by atoms with Gasteiger partial charge in [0, 0.05) is 42.5 Å². The van der Waals surface area contributed by atoms with Gasteiger partial charge in [0.2, 0.25) is 5.91 Å². The zero-order valence-corrected chi connectivity index (χ0v) is 24.4. The van der Waals surface area contributed by atoms with E-state index < -0.39 is 29.9 Å². The Bertz CT molecular complexity index is 1390. The minimum Gasteiger partial charge on any atom is -0.488 e. The van der Waals surface area contributed by atoms with E-state index in [9.17, 15) is 27.9 Å². The molecule has 43 heavy (non-hydrogen) atoms. The third-order valence-electron chi connectivity index (χ3n) is 7.43. The third-order valence-corrected chi connectivity index (χ3v) is 7.43. The number of nitrogens with zero attached hydrogens (tertiary/aromatic N) is 2. The number of hydrogen-bond donors (Lipinski definition) is 3. The van der Waals surface area contributed by atoms with Gasteiger partial charge in [-0.15, -0.1) is 0 Å². The van der Waals surface area contributed by atoms with Gasteiger partial charge in [-0.3, -0.25) is 9.69 Å². The molecule has 1 aliphatic heterocycles. The minimum absolute atomic E-state index is 0.0102. The number of alkyl halides is 3. The number of hydrogen-bond acceptors (Lipinski definition) is 5. The number of carbonyl (C=O) groups excluding carboxylic acids is 2. The molecule has 0 aromatic heterocycles. The van der Waals surface area contributed by atoms with Crippen molar-refractivity contribution in [3.05, 3.63) is 89.5 Å². The van der Waals surface area contributed by atoms with E-state index in [1.165, 1.54) is 12.1 Å². The van der Waals surface area contributed by atoms with E-state index in [-0.39, 0.29) is 24.9 Å². The average Bonchev–Trinajstić information content (AvgIpc) is 3.00. The number of urea groups is 1. The van der Waals surface area contributed by atoms with Crippen molar-refractivity contribution in [2.45, 2.75) is 45.1 Å². The van der Waals surface area contributed by atoms with Crippen LogP contribution in [0, 0.1) is 5.92 Å². The second-order valence-electron chi connectivity index (χ2n) is 11.0. The fraction of sp³-hybridized carbons (Fsp3) is 0.375. The summed E-state index contributed by atoms with van der Waals surface area (Å²) in [6, 6.07) is 18.4. The summed E-state index contributed by atoms with van der Waals surface area (Å²) in [4.78, 5) is 29.6. The highest BCUT2D eigenvalue weighted by Crippen LogP contribution is 2.31. The maximum Gasteiger partial charge on any atom is 0.416 e. The lowest BCUT2D eigenvalue weighted by Crippen LogP contribution is -2.47. The lowest BCUT2D eigenvalue weighted by Gasteiger charge is -2.34. The molecule has 0 bridgehead atoms. The molecule has 0 fully saturated rings. The van der Waals surface area contributed by atoms with Crippen molar-refractivity contribution < 1.29 is 32.6 Å². The molecule has 0 radical (unpaired) electrons. The number of ether oxygens (including phenoxy) is 1. The monoisotopic (exact) mass is 598 g/mol. The van der Waals surface area contributed by atoms with E-state index >= 15 is 0 Å². The molecule has 0 aliphatic carbocycles. The van der Waals surface area contributed by atoms with Gasteiger partial charge >= 0.3 is 12.2 Å². The fourth-order valence-corrected chi connectivity index (χ4v) is 5.02. The summed E-state index contributed by atoms with van der Waals surface area (Å²) in [7, 11) is 1.86. The second-order valence-corrected chi connectivity index (χ2v) is 11.0. The molecule has 3 amide bonds. The number of carbonyl (C=O) groups is 2. The van der Waals surface area contributed by atoms with Gasteiger partial charge in [-0.1, -0.05) is 37.3 Å². The molecular formula is C32H37F3N4O4. The first-order chi connectivity index (χ1) is 20.4. The first-order valence-corrected chi connectivity index (χ1v) is 14.1. The fourth-order valence-electron chi connectivity index (χ4n) is 5.02. The molecule has 0 saturated heterocycles. The van der Waals surface area contributed by atoms with E-state index in [0.717, 1.165) is 17.7 Å². The largest absolute Gasteiger partial charge is 0.488 e. The van der Waals surface area contributed by atoms with Gasteiger partial charge in [0.15, 0.2) is 0 Å². The van der Waals surface area contributed by atoms with Gasteiger partial charge in [-0.2, -0.15) is 13.2 Å². The Labute approximate surface area is 249 Å². The lowest BCUT2D eigenvalue weighted by molar-refractivity contribution is -0.137. The number of fused-ring (bicyclic) bond motifs is 1. The molecule has 4 rings (SSSR count). The summed E-state index contributed by atoms with van der Waals surface area (Å²) in [5, 5.41) is 15.4. The standard InChI is InChI=1S/C32H37F3N4O4/c1-21-17-39(22(2)20-40)30(41)16-24-15-27(37-31(42)36-26-7-5-4-6-8-26)13-14-28(24)43-29(21)19-38(3)18-23-9-11-25(12-10-23)32(33,34)35/h4-15,21-22,29,40H,16-20H2,1-3H3,(H2,36,37,42)/t21-,22+,29-/m0/s1. The van der Waals surface area contributed by atoms with Crippen molar-refractivity contribution in [1.29, 1.82) is 0 Å². The number of rotatable bonds is 8. The molecule has 11 heteroatoms. The van der Waals surface area contributed by atoms with Gasteiger partial charge in [0.25, 0.3) is 0 Å². The highest BCUT2D eigenvalue weighted by atomic mass is 19.4. The van der Waals surface area contributed by atoms with E-state index in [1.54, 1.807) is 42.2 Å². The van der Waals surface area contributed by atoms with Crippen molar-refractivity contribution >= 4 is 23.3 Å². The molecule has 230 valence electrons. The van der Waals surface area contributed by atoms with Gasteiger partial charge in [-0.25, -0.2) is 4.79 Å². The topological polar surface area (TPSA) is 94.1 Å². The maximum atomic E-state index is 13.4. The Morgan fingerprint density at radius 3 is 2.40 bits per heavy atom. The number of aliphatic hydroxyl groups is 1. The van der Waals surface area contributed by atoms with Crippen molar-refractivity contribution in [3.8, 4) is 5.75 Å². The van der Waals surface area contributed by atoms with Crippen LogP contribution in [0.1, 0.15) is 30.5 Å². The van der Waals surface area contributed by atoms with Crippen molar-refractivity contribution in [1.82, 2.24) is 9.80 Å². The van der Waals surface area contributed by atoms with E-state index in [1.807, 2.05) is 37.1 Å². The number of likely N-dealkylation sites (N-methyl/N-ethyl adjacent to an activating group) is 1. The number of halogens is 3. The molecule has 8 nitrogen and oxygen atoms in total. The van der Waals surface area contributed by atoms with Crippen LogP contribution >= 0.6 is 0 Å². The lowest BCUT2D eigenvalue weighted by atomic mass is 10.0. The highest BCUT2D eigenvalue weighted by Gasteiger charge is 2.32. The molecule has 3 atom stereocenters. The van der Waals surface area contributed by atoms with Crippen LogP contribution < -0.4 is 15.4 Å². The molecular weight excluding hydrogens is 561 g/mol. The normalized spacial score (nSPS) is 18.1. The molecule has 1 aliphatic rings. The Morgan fingerprint density at radius 2 is 1.74 bits per heavy atom. The molecule has 3 N–H and O–H groups in total. The zero-order chi connectivity index (χ0) is 31.1. The Balaban J connectivity index is 1.54. The van der Waals surface area contributed by atoms with Gasteiger partial charge in [0.05, 0.1) is 24.6 Å². The minimum atomic E-state index is -4.39.